The molecular formula is C23H19N5O. The zero-order valence-electron chi connectivity index (χ0n) is 15.8. The molecule has 6 nitrogen and oxygen atoms in total. The molecule has 29 heavy (non-hydrogen) atoms. The van der Waals surface area contributed by atoms with E-state index in [1.165, 1.54) is 0 Å². The molecule has 0 spiro atoms. The van der Waals surface area contributed by atoms with Gasteiger partial charge in [-0.3, -0.25) is 9.78 Å². The van der Waals surface area contributed by atoms with Crippen LogP contribution in [-0.4, -0.2) is 20.9 Å². The van der Waals surface area contributed by atoms with Gasteiger partial charge in [-0.05, 0) is 55.0 Å². The molecule has 4 rings (SSSR count). The Balaban J connectivity index is 1.61. The van der Waals surface area contributed by atoms with Crippen LogP contribution in [0.2, 0.25) is 0 Å². The van der Waals surface area contributed by atoms with E-state index >= 15 is 0 Å². The first kappa shape index (κ1) is 18.3. The van der Waals surface area contributed by atoms with Gasteiger partial charge < -0.3 is 10.6 Å². The topological polar surface area (TPSA) is 79.8 Å². The summed E-state index contributed by atoms with van der Waals surface area (Å²) in [6.45, 7) is 1.99. The van der Waals surface area contributed by atoms with Gasteiger partial charge in [0.2, 0.25) is 5.95 Å². The van der Waals surface area contributed by atoms with Crippen LogP contribution >= 0.6 is 0 Å². The van der Waals surface area contributed by atoms with Crippen LogP contribution in [0.4, 0.5) is 17.3 Å². The minimum Gasteiger partial charge on any atom is -0.322 e. The lowest BCUT2D eigenvalue weighted by Crippen LogP contribution is -2.13. The average Bonchev–Trinajstić information content (AvgIpc) is 2.77. The Bertz CT molecular complexity index is 1130. The fourth-order valence-corrected chi connectivity index (χ4v) is 2.87. The molecule has 0 atom stereocenters. The van der Waals surface area contributed by atoms with Crippen molar-refractivity contribution in [2.75, 3.05) is 10.6 Å². The lowest BCUT2D eigenvalue weighted by molar-refractivity contribution is 0.102. The summed E-state index contributed by atoms with van der Waals surface area (Å²) in [5, 5.41) is 6.18. The van der Waals surface area contributed by atoms with Gasteiger partial charge in [0.25, 0.3) is 5.91 Å². The number of carbonyl (C=O) groups excluding carboxylic acids is 1. The number of benzene rings is 2. The third-order valence-corrected chi connectivity index (χ3v) is 4.32. The quantitative estimate of drug-likeness (QED) is 0.517. The van der Waals surface area contributed by atoms with Crippen molar-refractivity contribution in [3.63, 3.8) is 0 Å². The second-order valence-corrected chi connectivity index (χ2v) is 6.50. The van der Waals surface area contributed by atoms with Crippen molar-refractivity contribution in [1.82, 2.24) is 15.0 Å². The van der Waals surface area contributed by atoms with E-state index in [0.29, 0.717) is 17.2 Å². The van der Waals surface area contributed by atoms with E-state index in [-0.39, 0.29) is 5.91 Å². The fraction of sp³-hybridized carbons (Fsp3) is 0.0435. The van der Waals surface area contributed by atoms with Crippen molar-refractivity contribution in [2.45, 2.75) is 6.92 Å². The summed E-state index contributed by atoms with van der Waals surface area (Å²) in [5.41, 5.74) is 4.68. The van der Waals surface area contributed by atoms with Gasteiger partial charge in [-0.15, -0.1) is 0 Å². The SMILES string of the molecule is Cc1ccc(NC(=O)c2ccccc2)c(Nc2nccc(-c3cccnc3)n2)c1. The summed E-state index contributed by atoms with van der Waals surface area (Å²) in [7, 11) is 0. The molecule has 2 aromatic carbocycles. The third-order valence-electron chi connectivity index (χ3n) is 4.32. The number of hydrogen-bond donors (Lipinski definition) is 2. The molecule has 0 aliphatic carbocycles. The predicted molar refractivity (Wildman–Crippen MR) is 114 cm³/mol. The second kappa shape index (κ2) is 8.31. The van der Waals surface area contributed by atoms with Gasteiger partial charge in [0, 0.05) is 29.7 Å². The fourth-order valence-electron chi connectivity index (χ4n) is 2.87. The van der Waals surface area contributed by atoms with Crippen LogP contribution < -0.4 is 10.6 Å². The smallest absolute Gasteiger partial charge is 0.255 e. The molecule has 2 aromatic heterocycles. The highest BCUT2D eigenvalue weighted by molar-refractivity contribution is 6.06. The van der Waals surface area contributed by atoms with Crippen molar-refractivity contribution in [3.8, 4) is 11.3 Å². The normalized spacial score (nSPS) is 10.4. The maximum absolute atomic E-state index is 12.6. The zero-order valence-corrected chi connectivity index (χ0v) is 15.8. The molecule has 0 saturated carbocycles. The third kappa shape index (κ3) is 4.44. The lowest BCUT2D eigenvalue weighted by atomic mass is 10.1. The van der Waals surface area contributed by atoms with Gasteiger partial charge in [-0.2, -0.15) is 0 Å². The maximum atomic E-state index is 12.6. The molecule has 6 heteroatoms. The van der Waals surface area contributed by atoms with E-state index in [9.17, 15) is 4.79 Å². The van der Waals surface area contributed by atoms with Crippen LogP contribution in [0, 0.1) is 6.92 Å². The van der Waals surface area contributed by atoms with Crippen molar-refractivity contribution in [1.29, 1.82) is 0 Å². The second-order valence-electron chi connectivity index (χ2n) is 6.50. The molecule has 0 aliphatic rings. The highest BCUT2D eigenvalue weighted by atomic mass is 16.1. The van der Waals surface area contributed by atoms with Gasteiger partial charge in [-0.1, -0.05) is 24.3 Å². The first-order chi connectivity index (χ1) is 14.2. The standard InChI is InChI=1S/C23H19N5O/c1-16-9-10-20(26-22(29)17-6-3-2-4-7-17)21(14-16)28-23-25-13-11-19(27-23)18-8-5-12-24-15-18/h2-15H,1H3,(H,26,29)(H,25,27,28). The van der Waals surface area contributed by atoms with Gasteiger partial charge in [-0.25, -0.2) is 9.97 Å². The molecule has 1 amide bonds. The van der Waals surface area contributed by atoms with Gasteiger partial charge in [0.15, 0.2) is 0 Å². The van der Waals surface area contributed by atoms with Crippen LogP contribution in [0.3, 0.4) is 0 Å². The van der Waals surface area contributed by atoms with Crippen LogP contribution in [0.1, 0.15) is 15.9 Å². The Morgan fingerprint density at radius 3 is 2.55 bits per heavy atom. The van der Waals surface area contributed by atoms with Crippen molar-refractivity contribution < 1.29 is 4.79 Å². The van der Waals surface area contributed by atoms with E-state index in [0.717, 1.165) is 22.5 Å². The number of aromatic nitrogens is 3. The van der Waals surface area contributed by atoms with E-state index in [1.54, 1.807) is 30.7 Å². The van der Waals surface area contributed by atoms with Crippen LogP contribution in [-0.2, 0) is 0 Å². The Hall–Kier alpha value is -4.06. The van der Waals surface area contributed by atoms with E-state index in [4.69, 9.17) is 0 Å². The van der Waals surface area contributed by atoms with Gasteiger partial charge >= 0.3 is 0 Å². The summed E-state index contributed by atoms with van der Waals surface area (Å²) >= 11 is 0. The minimum absolute atomic E-state index is 0.178. The first-order valence-electron chi connectivity index (χ1n) is 9.16. The van der Waals surface area contributed by atoms with Crippen LogP contribution in [0.5, 0.6) is 0 Å². The van der Waals surface area contributed by atoms with Crippen LogP contribution in [0.25, 0.3) is 11.3 Å². The molecule has 0 unspecified atom stereocenters. The largest absolute Gasteiger partial charge is 0.322 e. The Morgan fingerprint density at radius 2 is 1.76 bits per heavy atom. The number of pyridine rings is 1. The van der Waals surface area contributed by atoms with Crippen molar-refractivity contribution in [3.05, 3.63) is 96.4 Å². The van der Waals surface area contributed by atoms with E-state index in [1.807, 2.05) is 61.5 Å². The number of nitrogens with one attached hydrogen (secondary N) is 2. The van der Waals surface area contributed by atoms with Crippen LogP contribution in [0.15, 0.2) is 85.3 Å². The number of amides is 1. The lowest BCUT2D eigenvalue weighted by Gasteiger charge is -2.14. The first-order valence-corrected chi connectivity index (χ1v) is 9.16. The van der Waals surface area contributed by atoms with Crippen molar-refractivity contribution >= 4 is 23.2 Å². The summed E-state index contributed by atoms with van der Waals surface area (Å²) in [6.07, 6.45) is 5.16. The maximum Gasteiger partial charge on any atom is 0.255 e. The number of anilines is 3. The number of rotatable bonds is 5. The zero-order chi connectivity index (χ0) is 20.1. The summed E-state index contributed by atoms with van der Waals surface area (Å²) in [5.74, 6) is 0.259. The molecule has 0 aliphatic heterocycles. The molecule has 0 radical (unpaired) electrons. The molecule has 4 aromatic rings. The number of aryl methyl sites for hydroxylation is 1. The van der Waals surface area contributed by atoms with Gasteiger partial charge in [0.1, 0.15) is 0 Å². The number of carbonyl (C=O) groups is 1. The molecule has 0 bridgehead atoms. The Labute approximate surface area is 168 Å². The highest BCUT2D eigenvalue weighted by Gasteiger charge is 2.11. The number of nitrogens with zero attached hydrogens (tertiary/aromatic N) is 3. The Kier molecular flexibility index (Phi) is 5.25. The average molecular weight is 381 g/mol. The molecule has 0 saturated heterocycles. The van der Waals surface area contributed by atoms with E-state index in [2.05, 4.69) is 25.6 Å². The van der Waals surface area contributed by atoms with Crippen molar-refractivity contribution in [2.24, 2.45) is 0 Å². The molecule has 0 fully saturated rings. The molecule has 2 N–H and O–H groups in total. The molecule has 142 valence electrons. The molecule has 2 heterocycles. The minimum atomic E-state index is -0.178. The highest BCUT2D eigenvalue weighted by Crippen LogP contribution is 2.27. The molecular weight excluding hydrogens is 362 g/mol. The summed E-state index contributed by atoms with van der Waals surface area (Å²) in [4.78, 5) is 25.6. The monoisotopic (exact) mass is 381 g/mol. The number of hydrogen-bond acceptors (Lipinski definition) is 5. The van der Waals surface area contributed by atoms with Gasteiger partial charge in [0.05, 0.1) is 17.1 Å². The predicted octanol–water partition coefficient (Wildman–Crippen LogP) is 4.84. The summed E-state index contributed by atoms with van der Waals surface area (Å²) in [6, 6.07) is 20.5. The van der Waals surface area contributed by atoms with E-state index < -0.39 is 0 Å². The summed E-state index contributed by atoms with van der Waals surface area (Å²) < 4.78 is 0. The Morgan fingerprint density at radius 1 is 0.897 bits per heavy atom.